The minimum atomic E-state index is 0.881. The van der Waals surface area contributed by atoms with Crippen LogP contribution in [0.1, 0.15) is 23.6 Å². The summed E-state index contributed by atoms with van der Waals surface area (Å²) in [7, 11) is 2.05. The van der Waals surface area contributed by atoms with E-state index in [1.807, 2.05) is 7.05 Å². The van der Waals surface area contributed by atoms with Crippen LogP contribution < -0.4 is 5.32 Å². The van der Waals surface area contributed by atoms with Crippen LogP contribution in [-0.2, 0) is 20.0 Å². The number of nitrogens with zero attached hydrogens (tertiary/aromatic N) is 1. The van der Waals surface area contributed by atoms with Gasteiger partial charge >= 0.3 is 0 Å². The van der Waals surface area contributed by atoms with E-state index in [2.05, 4.69) is 60.4 Å². The monoisotopic (exact) mass is 228 g/mol. The van der Waals surface area contributed by atoms with E-state index in [4.69, 9.17) is 0 Å². The zero-order valence-corrected chi connectivity index (χ0v) is 10.8. The van der Waals surface area contributed by atoms with Crippen LogP contribution >= 0.6 is 0 Å². The van der Waals surface area contributed by atoms with E-state index in [1.54, 1.807) is 0 Å². The smallest absolute Gasteiger partial charge is 0.0415 e. The van der Waals surface area contributed by atoms with Gasteiger partial charge in [0.2, 0.25) is 0 Å². The third-order valence-electron chi connectivity index (χ3n) is 3.11. The third kappa shape index (κ3) is 2.90. The van der Waals surface area contributed by atoms with Gasteiger partial charge in [-0.25, -0.2) is 0 Å². The quantitative estimate of drug-likeness (QED) is 0.847. The van der Waals surface area contributed by atoms with Crippen molar-refractivity contribution < 1.29 is 0 Å². The molecule has 0 aliphatic carbocycles. The van der Waals surface area contributed by atoms with Crippen LogP contribution in [0.3, 0.4) is 0 Å². The highest BCUT2D eigenvalue weighted by atomic mass is 14.9. The molecule has 0 radical (unpaired) electrons. The predicted octanol–water partition coefficient (Wildman–Crippen LogP) is 3.51. The molecule has 0 unspecified atom stereocenters. The van der Waals surface area contributed by atoms with E-state index in [1.165, 1.54) is 22.4 Å². The lowest BCUT2D eigenvalue weighted by atomic mass is 10.1. The molecule has 0 aliphatic rings. The second-order valence-electron chi connectivity index (χ2n) is 4.53. The Morgan fingerprint density at radius 1 is 1.24 bits per heavy atom. The molecule has 2 rings (SSSR count). The van der Waals surface area contributed by atoms with Crippen LogP contribution in [0.5, 0.6) is 0 Å². The molecule has 1 aromatic heterocycles. The fraction of sp³-hybridized carbons (Fsp3) is 0.333. The number of nitrogens with one attached hydrogen (secondary N) is 1. The average Bonchev–Trinajstić information content (AvgIpc) is 2.73. The van der Waals surface area contributed by atoms with Gasteiger partial charge in [-0.05, 0) is 48.2 Å². The van der Waals surface area contributed by atoms with Crippen molar-refractivity contribution in [3.05, 3.63) is 53.3 Å². The fourth-order valence-corrected chi connectivity index (χ4v) is 2.07. The van der Waals surface area contributed by atoms with Gasteiger partial charge < -0.3 is 9.88 Å². The van der Waals surface area contributed by atoms with Crippen molar-refractivity contribution >= 4 is 5.69 Å². The van der Waals surface area contributed by atoms with Gasteiger partial charge in [-0.15, -0.1) is 0 Å². The molecule has 1 N–H and O–H groups in total. The van der Waals surface area contributed by atoms with E-state index >= 15 is 0 Å². The van der Waals surface area contributed by atoms with Crippen LogP contribution in [0.15, 0.2) is 36.7 Å². The SMILES string of the molecule is CCc1ccc(NCc2ccn(C)c2)cc1C. The molecule has 0 amide bonds. The zero-order chi connectivity index (χ0) is 12.3. The summed E-state index contributed by atoms with van der Waals surface area (Å²) in [5, 5.41) is 3.45. The molecule has 2 aromatic rings. The van der Waals surface area contributed by atoms with E-state index in [0.29, 0.717) is 0 Å². The van der Waals surface area contributed by atoms with Crippen molar-refractivity contribution in [1.82, 2.24) is 4.57 Å². The van der Waals surface area contributed by atoms with Gasteiger partial charge in [0.25, 0.3) is 0 Å². The first-order chi connectivity index (χ1) is 8.19. The minimum absolute atomic E-state index is 0.881. The number of hydrogen-bond acceptors (Lipinski definition) is 1. The Bertz CT molecular complexity index is 497. The van der Waals surface area contributed by atoms with Crippen LogP contribution in [0.4, 0.5) is 5.69 Å². The van der Waals surface area contributed by atoms with E-state index < -0.39 is 0 Å². The summed E-state index contributed by atoms with van der Waals surface area (Å²) >= 11 is 0. The maximum atomic E-state index is 3.45. The second-order valence-corrected chi connectivity index (χ2v) is 4.53. The largest absolute Gasteiger partial charge is 0.381 e. The molecule has 17 heavy (non-hydrogen) atoms. The summed E-state index contributed by atoms with van der Waals surface area (Å²) < 4.78 is 2.07. The number of benzene rings is 1. The molecule has 0 spiro atoms. The molecule has 0 bridgehead atoms. The molecule has 0 fully saturated rings. The molecule has 0 saturated carbocycles. The van der Waals surface area contributed by atoms with Crippen LogP contribution in [-0.4, -0.2) is 4.57 Å². The van der Waals surface area contributed by atoms with Crippen molar-refractivity contribution in [3.63, 3.8) is 0 Å². The molecule has 0 atom stereocenters. The Labute approximate surface area is 103 Å². The minimum Gasteiger partial charge on any atom is -0.381 e. The Morgan fingerprint density at radius 2 is 2.06 bits per heavy atom. The standard InChI is InChI=1S/C15H20N2/c1-4-14-5-6-15(9-12(14)2)16-10-13-7-8-17(3)11-13/h5-9,11,16H,4,10H2,1-3H3. The fourth-order valence-electron chi connectivity index (χ4n) is 2.07. The van der Waals surface area contributed by atoms with Gasteiger partial charge in [0.05, 0.1) is 0 Å². The summed E-state index contributed by atoms with van der Waals surface area (Å²) in [4.78, 5) is 0. The van der Waals surface area contributed by atoms with Crippen LogP contribution in [0.25, 0.3) is 0 Å². The lowest BCUT2D eigenvalue weighted by Gasteiger charge is -2.09. The van der Waals surface area contributed by atoms with Crippen molar-refractivity contribution in [2.75, 3.05) is 5.32 Å². The van der Waals surface area contributed by atoms with Crippen molar-refractivity contribution in [2.24, 2.45) is 7.05 Å². The lowest BCUT2D eigenvalue weighted by Crippen LogP contribution is -1.99. The molecule has 90 valence electrons. The van der Waals surface area contributed by atoms with E-state index in [9.17, 15) is 0 Å². The molecule has 0 aliphatic heterocycles. The van der Waals surface area contributed by atoms with Gasteiger partial charge in [0.15, 0.2) is 0 Å². The summed E-state index contributed by atoms with van der Waals surface area (Å²) in [6, 6.07) is 8.74. The Kier molecular flexibility index (Phi) is 3.52. The van der Waals surface area contributed by atoms with Gasteiger partial charge in [0, 0.05) is 31.7 Å². The van der Waals surface area contributed by atoms with E-state index in [0.717, 1.165) is 13.0 Å². The highest BCUT2D eigenvalue weighted by Gasteiger charge is 1.99. The number of hydrogen-bond donors (Lipinski definition) is 1. The number of anilines is 1. The third-order valence-corrected chi connectivity index (χ3v) is 3.11. The first kappa shape index (κ1) is 11.8. The molecule has 1 aromatic carbocycles. The topological polar surface area (TPSA) is 17.0 Å². The summed E-state index contributed by atoms with van der Waals surface area (Å²) in [5.74, 6) is 0. The van der Waals surface area contributed by atoms with Crippen LogP contribution in [0, 0.1) is 6.92 Å². The summed E-state index contributed by atoms with van der Waals surface area (Å²) in [6.45, 7) is 5.25. The van der Waals surface area contributed by atoms with Crippen molar-refractivity contribution in [2.45, 2.75) is 26.8 Å². The lowest BCUT2D eigenvalue weighted by molar-refractivity contribution is 0.920. The molecular formula is C15H20N2. The van der Waals surface area contributed by atoms with Crippen molar-refractivity contribution in [1.29, 1.82) is 0 Å². The van der Waals surface area contributed by atoms with Gasteiger partial charge in [-0.1, -0.05) is 13.0 Å². The highest BCUT2D eigenvalue weighted by Crippen LogP contribution is 2.16. The Morgan fingerprint density at radius 3 is 2.65 bits per heavy atom. The summed E-state index contributed by atoms with van der Waals surface area (Å²) in [6.07, 6.45) is 5.31. The van der Waals surface area contributed by atoms with Crippen LogP contribution in [0.2, 0.25) is 0 Å². The zero-order valence-electron chi connectivity index (χ0n) is 10.8. The summed E-state index contributed by atoms with van der Waals surface area (Å²) in [5.41, 5.74) is 5.30. The number of rotatable bonds is 4. The molecule has 0 saturated heterocycles. The molecule has 2 heteroatoms. The maximum Gasteiger partial charge on any atom is 0.0415 e. The van der Waals surface area contributed by atoms with Gasteiger partial charge in [-0.3, -0.25) is 0 Å². The predicted molar refractivity (Wildman–Crippen MR) is 73.3 cm³/mol. The number of aromatic nitrogens is 1. The Balaban J connectivity index is 2.02. The normalized spacial score (nSPS) is 10.5. The van der Waals surface area contributed by atoms with Gasteiger partial charge in [-0.2, -0.15) is 0 Å². The average molecular weight is 228 g/mol. The molecule has 2 nitrogen and oxygen atoms in total. The second kappa shape index (κ2) is 5.09. The highest BCUT2D eigenvalue weighted by molar-refractivity contribution is 5.48. The molecular weight excluding hydrogens is 208 g/mol. The first-order valence-electron chi connectivity index (χ1n) is 6.13. The number of aryl methyl sites for hydroxylation is 3. The van der Waals surface area contributed by atoms with Crippen molar-refractivity contribution in [3.8, 4) is 0 Å². The first-order valence-corrected chi connectivity index (χ1v) is 6.13. The Hall–Kier alpha value is -1.70. The van der Waals surface area contributed by atoms with E-state index in [-0.39, 0.29) is 0 Å². The maximum absolute atomic E-state index is 3.45. The molecule has 1 heterocycles. The van der Waals surface area contributed by atoms with Gasteiger partial charge in [0.1, 0.15) is 0 Å².